The lowest BCUT2D eigenvalue weighted by Crippen LogP contribution is -2.16. The van der Waals surface area contributed by atoms with Crippen molar-refractivity contribution in [2.75, 3.05) is 18.5 Å². The van der Waals surface area contributed by atoms with Crippen LogP contribution in [0.4, 0.5) is 19.0 Å². The molecule has 0 saturated carbocycles. The molecule has 1 aliphatic rings. The fourth-order valence-electron chi connectivity index (χ4n) is 2.19. The molecule has 0 amide bonds. The Morgan fingerprint density at radius 3 is 2.43 bits per heavy atom. The molecule has 122 valence electrons. The third-order valence-electron chi connectivity index (χ3n) is 3.39. The minimum atomic E-state index is -4.49. The normalized spacial score (nSPS) is 15.1. The molecule has 1 aromatic heterocycles. The Labute approximate surface area is 130 Å². The smallest absolute Gasteiger partial charge is 0.435 e. The molecule has 3 rings (SSSR count). The van der Waals surface area contributed by atoms with Gasteiger partial charge in [0.25, 0.3) is 0 Å². The van der Waals surface area contributed by atoms with E-state index in [1.165, 1.54) is 6.07 Å². The van der Waals surface area contributed by atoms with E-state index in [1.54, 1.807) is 6.07 Å². The summed E-state index contributed by atoms with van der Waals surface area (Å²) in [7, 11) is 0. The first-order chi connectivity index (χ1) is 10.9. The molecule has 0 saturated heterocycles. The average Bonchev–Trinajstić information content (AvgIpc) is 2.54. The molecular formula is C15H14F3N3O2. The van der Waals surface area contributed by atoms with Crippen molar-refractivity contribution < 1.29 is 22.6 Å². The van der Waals surface area contributed by atoms with E-state index in [0.717, 1.165) is 11.6 Å². The zero-order chi connectivity index (χ0) is 16.4. The van der Waals surface area contributed by atoms with Crippen LogP contribution in [0.1, 0.15) is 24.2 Å². The summed E-state index contributed by atoms with van der Waals surface area (Å²) in [5.74, 6) is 1.60. The SMILES string of the molecule is CC(Nc1ccc(C(F)(F)F)nn1)c1ccc2c(c1)OCCO2. The Kier molecular flexibility index (Phi) is 3.97. The number of hydrogen-bond acceptors (Lipinski definition) is 5. The number of nitrogens with zero attached hydrogens (tertiary/aromatic N) is 2. The quantitative estimate of drug-likeness (QED) is 0.937. The predicted octanol–water partition coefficient (Wildman–Crippen LogP) is 3.44. The first-order valence-corrected chi connectivity index (χ1v) is 7.00. The number of rotatable bonds is 3. The van der Waals surface area contributed by atoms with Gasteiger partial charge in [0.05, 0.1) is 6.04 Å². The number of anilines is 1. The van der Waals surface area contributed by atoms with Crippen molar-refractivity contribution in [1.29, 1.82) is 0 Å². The zero-order valence-electron chi connectivity index (χ0n) is 12.2. The summed E-state index contributed by atoms with van der Waals surface area (Å²) in [6, 6.07) is 7.47. The molecule has 8 heteroatoms. The van der Waals surface area contributed by atoms with Gasteiger partial charge in [-0.2, -0.15) is 13.2 Å². The first-order valence-electron chi connectivity index (χ1n) is 7.00. The summed E-state index contributed by atoms with van der Waals surface area (Å²) in [5, 5.41) is 9.75. The van der Waals surface area contributed by atoms with Crippen LogP contribution in [0.2, 0.25) is 0 Å². The minimum Gasteiger partial charge on any atom is -0.486 e. The molecule has 1 atom stereocenters. The van der Waals surface area contributed by atoms with Crippen molar-refractivity contribution in [1.82, 2.24) is 10.2 Å². The second-order valence-electron chi connectivity index (χ2n) is 5.07. The molecule has 1 unspecified atom stereocenters. The Bertz CT molecular complexity index is 689. The van der Waals surface area contributed by atoms with Crippen LogP contribution in [0, 0.1) is 0 Å². The van der Waals surface area contributed by atoms with E-state index in [0.29, 0.717) is 24.7 Å². The van der Waals surface area contributed by atoms with Gasteiger partial charge in [0.15, 0.2) is 17.2 Å². The van der Waals surface area contributed by atoms with Crippen molar-refractivity contribution in [2.24, 2.45) is 0 Å². The number of fused-ring (bicyclic) bond motifs is 1. The molecular weight excluding hydrogens is 311 g/mol. The van der Waals surface area contributed by atoms with Crippen molar-refractivity contribution >= 4 is 5.82 Å². The Morgan fingerprint density at radius 1 is 1.04 bits per heavy atom. The molecule has 23 heavy (non-hydrogen) atoms. The van der Waals surface area contributed by atoms with Crippen LogP contribution in [0.5, 0.6) is 11.5 Å². The molecule has 0 spiro atoms. The van der Waals surface area contributed by atoms with Gasteiger partial charge in [-0.1, -0.05) is 6.07 Å². The fraction of sp³-hybridized carbons (Fsp3) is 0.333. The van der Waals surface area contributed by atoms with Crippen molar-refractivity contribution in [2.45, 2.75) is 19.1 Å². The lowest BCUT2D eigenvalue weighted by atomic mass is 10.1. The van der Waals surface area contributed by atoms with E-state index >= 15 is 0 Å². The summed E-state index contributed by atoms with van der Waals surface area (Å²) in [5.41, 5.74) is -0.119. The number of ether oxygens (including phenoxy) is 2. The van der Waals surface area contributed by atoms with Crippen LogP contribution in [0.25, 0.3) is 0 Å². The Balaban J connectivity index is 1.72. The van der Waals surface area contributed by atoms with Crippen LogP contribution in [-0.4, -0.2) is 23.4 Å². The molecule has 0 bridgehead atoms. The molecule has 2 aromatic rings. The van der Waals surface area contributed by atoms with Crippen LogP contribution in [0.3, 0.4) is 0 Å². The zero-order valence-corrected chi connectivity index (χ0v) is 12.2. The van der Waals surface area contributed by atoms with E-state index in [2.05, 4.69) is 15.5 Å². The Morgan fingerprint density at radius 2 is 1.78 bits per heavy atom. The van der Waals surface area contributed by atoms with Gasteiger partial charge >= 0.3 is 6.18 Å². The molecule has 1 aliphatic heterocycles. The second kappa shape index (κ2) is 5.94. The number of benzene rings is 1. The third-order valence-corrected chi connectivity index (χ3v) is 3.39. The summed E-state index contributed by atoms with van der Waals surface area (Å²) < 4.78 is 48.3. The maximum absolute atomic E-state index is 12.5. The van der Waals surface area contributed by atoms with E-state index < -0.39 is 11.9 Å². The third kappa shape index (κ3) is 3.46. The number of nitrogens with one attached hydrogen (secondary N) is 1. The molecule has 5 nitrogen and oxygen atoms in total. The topological polar surface area (TPSA) is 56.3 Å². The van der Waals surface area contributed by atoms with Crippen molar-refractivity contribution in [3.05, 3.63) is 41.6 Å². The summed E-state index contributed by atoms with van der Waals surface area (Å²) in [6.45, 7) is 2.87. The maximum Gasteiger partial charge on any atom is 0.435 e. The van der Waals surface area contributed by atoms with E-state index in [-0.39, 0.29) is 11.9 Å². The molecule has 2 heterocycles. The lowest BCUT2D eigenvalue weighted by molar-refractivity contribution is -0.141. The minimum absolute atomic E-state index is 0.183. The molecule has 0 aliphatic carbocycles. The van der Waals surface area contributed by atoms with Gasteiger partial charge in [-0.05, 0) is 36.8 Å². The van der Waals surface area contributed by atoms with Crippen molar-refractivity contribution in [3.8, 4) is 11.5 Å². The molecule has 0 radical (unpaired) electrons. The van der Waals surface area contributed by atoms with Crippen LogP contribution in [0.15, 0.2) is 30.3 Å². The van der Waals surface area contributed by atoms with Gasteiger partial charge in [0.2, 0.25) is 0 Å². The van der Waals surface area contributed by atoms with E-state index in [1.807, 2.05) is 19.1 Å². The van der Waals surface area contributed by atoms with E-state index in [9.17, 15) is 13.2 Å². The van der Waals surface area contributed by atoms with Gasteiger partial charge in [-0.15, -0.1) is 10.2 Å². The van der Waals surface area contributed by atoms with Crippen LogP contribution >= 0.6 is 0 Å². The average molecular weight is 325 g/mol. The number of aromatic nitrogens is 2. The molecule has 0 fully saturated rings. The highest BCUT2D eigenvalue weighted by atomic mass is 19.4. The number of hydrogen-bond donors (Lipinski definition) is 1. The predicted molar refractivity (Wildman–Crippen MR) is 76.5 cm³/mol. The maximum atomic E-state index is 12.5. The monoisotopic (exact) mass is 325 g/mol. The first kappa shape index (κ1) is 15.4. The van der Waals surface area contributed by atoms with Gasteiger partial charge in [-0.3, -0.25) is 0 Å². The van der Waals surface area contributed by atoms with Gasteiger partial charge in [0, 0.05) is 0 Å². The van der Waals surface area contributed by atoms with E-state index in [4.69, 9.17) is 9.47 Å². The van der Waals surface area contributed by atoms with Crippen molar-refractivity contribution in [3.63, 3.8) is 0 Å². The highest BCUT2D eigenvalue weighted by Crippen LogP contribution is 2.33. The lowest BCUT2D eigenvalue weighted by Gasteiger charge is -2.21. The highest BCUT2D eigenvalue weighted by molar-refractivity contribution is 5.46. The standard InChI is InChI=1S/C15H14F3N3O2/c1-9(10-2-3-11-12(8-10)23-7-6-22-11)19-14-5-4-13(20-21-14)15(16,17)18/h2-5,8-9H,6-7H2,1H3,(H,19,21). The van der Waals surface area contributed by atoms with Crippen LogP contribution < -0.4 is 14.8 Å². The number of halogens is 3. The molecule has 1 aromatic carbocycles. The summed E-state index contributed by atoms with van der Waals surface area (Å²) in [4.78, 5) is 0. The highest BCUT2D eigenvalue weighted by Gasteiger charge is 2.32. The van der Waals surface area contributed by atoms with Gasteiger partial charge in [0.1, 0.15) is 19.0 Å². The fourth-order valence-corrected chi connectivity index (χ4v) is 2.19. The van der Waals surface area contributed by atoms with Crippen LogP contribution in [-0.2, 0) is 6.18 Å². The van der Waals surface area contributed by atoms with Gasteiger partial charge in [-0.25, -0.2) is 0 Å². The largest absolute Gasteiger partial charge is 0.486 e. The summed E-state index contributed by atoms with van der Waals surface area (Å²) in [6.07, 6.45) is -4.49. The summed E-state index contributed by atoms with van der Waals surface area (Å²) >= 11 is 0. The Hall–Kier alpha value is -2.51. The molecule has 1 N–H and O–H groups in total. The number of alkyl halides is 3. The second-order valence-corrected chi connectivity index (χ2v) is 5.07. The van der Waals surface area contributed by atoms with Gasteiger partial charge < -0.3 is 14.8 Å².